The van der Waals surface area contributed by atoms with Gasteiger partial charge in [-0.1, -0.05) is 29.8 Å². The van der Waals surface area contributed by atoms with Crippen molar-refractivity contribution in [3.63, 3.8) is 0 Å². The number of aromatic nitrogens is 1. The number of carbonyl (C=O) groups excluding carboxylic acids is 3. The van der Waals surface area contributed by atoms with E-state index in [9.17, 15) is 14.4 Å². The van der Waals surface area contributed by atoms with Gasteiger partial charge in [0.1, 0.15) is 5.69 Å². The number of benzene rings is 3. The summed E-state index contributed by atoms with van der Waals surface area (Å²) in [5.74, 6) is -2.22. The van der Waals surface area contributed by atoms with Crippen LogP contribution in [0.1, 0.15) is 32.7 Å². The third kappa shape index (κ3) is 5.05. The van der Waals surface area contributed by atoms with Crippen molar-refractivity contribution < 1.29 is 14.4 Å². The predicted octanol–water partition coefficient (Wildman–Crippen LogP) is 5.49. The lowest BCUT2D eigenvalue weighted by molar-refractivity contribution is -0.133. The van der Waals surface area contributed by atoms with Gasteiger partial charge in [-0.25, -0.2) is 4.68 Å². The molecule has 178 valence electrons. The van der Waals surface area contributed by atoms with Gasteiger partial charge in [-0.05, 0) is 92.4 Å². The Labute approximate surface area is 208 Å². The van der Waals surface area contributed by atoms with Crippen LogP contribution in [-0.4, -0.2) is 22.4 Å². The van der Waals surface area contributed by atoms with E-state index in [1.54, 1.807) is 42.5 Å². The van der Waals surface area contributed by atoms with Crippen LogP contribution in [0.15, 0.2) is 60.7 Å². The molecule has 4 rings (SSSR count). The van der Waals surface area contributed by atoms with Gasteiger partial charge in [0.2, 0.25) is 0 Å². The van der Waals surface area contributed by atoms with Crippen LogP contribution in [0, 0.1) is 27.7 Å². The highest BCUT2D eigenvalue weighted by atomic mass is 35.5. The second kappa shape index (κ2) is 9.64. The van der Waals surface area contributed by atoms with Crippen molar-refractivity contribution in [2.24, 2.45) is 0 Å². The topological polar surface area (TPSA) is 92.2 Å². The smallest absolute Gasteiger partial charge is 0.320 e. The summed E-state index contributed by atoms with van der Waals surface area (Å²) in [4.78, 5) is 38.7. The minimum absolute atomic E-state index is 0.149. The summed E-state index contributed by atoms with van der Waals surface area (Å²) in [6, 6.07) is 17.6. The number of halogens is 1. The van der Waals surface area contributed by atoms with E-state index < -0.39 is 17.7 Å². The van der Waals surface area contributed by atoms with Crippen molar-refractivity contribution >= 4 is 51.6 Å². The molecule has 0 bridgehead atoms. The first-order valence-corrected chi connectivity index (χ1v) is 11.4. The molecule has 8 heteroatoms. The first-order valence-electron chi connectivity index (χ1n) is 11.0. The molecule has 3 aromatic carbocycles. The van der Waals surface area contributed by atoms with Crippen molar-refractivity contribution in [3.8, 4) is 0 Å². The van der Waals surface area contributed by atoms with E-state index in [1.165, 1.54) is 4.68 Å². The second-order valence-corrected chi connectivity index (χ2v) is 8.90. The molecular formula is C27H25ClN4O3. The maximum atomic E-state index is 13.2. The van der Waals surface area contributed by atoms with Crippen LogP contribution >= 0.6 is 11.6 Å². The van der Waals surface area contributed by atoms with Crippen molar-refractivity contribution in [3.05, 3.63) is 93.6 Å². The number of hydrogen-bond donors (Lipinski definition) is 3. The van der Waals surface area contributed by atoms with Crippen LogP contribution in [0.5, 0.6) is 0 Å². The zero-order valence-electron chi connectivity index (χ0n) is 19.8. The van der Waals surface area contributed by atoms with E-state index in [0.29, 0.717) is 27.3 Å². The van der Waals surface area contributed by atoms with E-state index >= 15 is 0 Å². The molecule has 0 unspecified atom stereocenters. The summed E-state index contributed by atoms with van der Waals surface area (Å²) in [5.41, 5.74) is 8.41. The van der Waals surface area contributed by atoms with Crippen LogP contribution in [0.2, 0.25) is 5.02 Å². The first-order chi connectivity index (χ1) is 16.6. The second-order valence-electron chi connectivity index (χ2n) is 8.46. The van der Waals surface area contributed by atoms with Crippen LogP contribution in [0.3, 0.4) is 0 Å². The van der Waals surface area contributed by atoms with Gasteiger partial charge in [-0.3, -0.25) is 19.8 Å². The summed E-state index contributed by atoms with van der Waals surface area (Å²) in [5, 5.41) is 6.61. The number of anilines is 2. The Hall–Kier alpha value is -4.10. The maximum absolute atomic E-state index is 13.2. The van der Waals surface area contributed by atoms with Crippen molar-refractivity contribution in [1.29, 1.82) is 0 Å². The molecule has 35 heavy (non-hydrogen) atoms. The Morgan fingerprint density at radius 2 is 1.54 bits per heavy atom. The average molecular weight is 489 g/mol. The Bertz CT molecular complexity index is 1490. The van der Waals surface area contributed by atoms with Gasteiger partial charge in [0.05, 0.1) is 5.52 Å². The fourth-order valence-corrected chi connectivity index (χ4v) is 3.89. The molecule has 0 radical (unpaired) electrons. The number of amides is 3. The standard InChI is InChI=1S/C27H25ClN4O3/c1-15-8-10-21(12-17(15)3)29-26(34)27(35)31-32-23-11-9-20(28)13-19(23)14-24(32)25(33)30-22-7-5-6-16(2)18(22)4/h5-14H,1-4H3,(H,29,34)(H,30,33)(H,31,35). The molecule has 0 saturated carbocycles. The molecule has 7 nitrogen and oxygen atoms in total. The molecule has 0 aliphatic rings. The Morgan fingerprint density at radius 3 is 2.29 bits per heavy atom. The number of rotatable bonds is 4. The first kappa shape index (κ1) is 24.0. The fourth-order valence-electron chi connectivity index (χ4n) is 3.71. The molecule has 1 heterocycles. The molecule has 3 N–H and O–H groups in total. The van der Waals surface area contributed by atoms with E-state index in [2.05, 4.69) is 16.1 Å². The van der Waals surface area contributed by atoms with E-state index in [1.807, 2.05) is 45.9 Å². The summed E-state index contributed by atoms with van der Waals surface area (Å²) in [6.07, 6.45) is 0. The van der Waals surface area contributed by atoms with E-state index in [-0.39, 0.29) is 5.69 Å². The number of aryl methyl sites for hydroxylation is 3. The molecule has 3 amide bonds. The minimum Gasteiger partial charge on any atom is -0.320 e. The van der Waals surface area contributed by atoms with E-state index in [4.69, 9.17) is 11.6 Å². The number of fused-ring (bicyclic) bond motifs is 1. The number of nitrogens with one attached hydrogen (secondary N) is 3. The van der Waals surface area contributed by atoms with Gasteiger partial charge in [-0.15, -0.1) is 0 Å². The average Bonchev–Trinajstić information content (AvgIpc) is 3.16. The lowest BCUT2D eigenvalue weighted by Crippen LogP contribution is -2.36. The third-order valence-electron chi connectivity index (χ3n) is 6.03. The lowest BCUT2D eigenvalue weighted by Gasteiger charge is -2.14. The van der Waals surface area contributed by atoms with Crippen molar-refractivity contribution in [1.82, 2.24) is 4.68 Å². The van der Waals surface area contributed by atoms with Crippen molar-refractivity contribution in [2.45, 2.75) is 27.7 Å². The third-order valence-corrected chi connectivity index (χ3v) is 6.27. The minimum atomic E-state index is -0.920. The highest BCUT2D eigenvalue weighted by Gasteiger charge is 2.22. The predicted molar refractivity (Wildman–Crippen MR) is 140 cm³/mol. The summed E-state index contributed by atoms with van der Waals surface area (Å²) >= 11 is 6.14. The molecule has 4 aromatic rings. The molecular weight excluding hydrogens is 464 g/mol. The molecule has 0 saturated heterocycles. The zero-order chi connectivity index (χ0) is 25.3. The molecule has 0 aliphatic carbocycles. The summed E-state index contributed by atoms with van der Waals surface area (Å²) < 4.78 is 1.30. The Kier molecular flexibility index (Phi) is 6.62. The van der Waals surface area contributed by atoms with Gasteiger partial charge >= 0.3 is 11.8 Å². The Balaban J connectivity index is 1.64. The summed E-state index contributed by atoms with van der Waals surface area (Å²) in [7, 11) is 0. The van der Waals surface area contributed by atoms with Crippen LogP contribution in [0.4, 0.5) is 11.4 Å². The van der Waals surface area contributed by atoms with Crippen LogP contribution in [-0.2, 0) is 9.59 Å². The largest absolute Gasteiger partial charge is 0.328 e. The highest BCUT2D eigenvalue weighted by molar-refractivity contribution is 6.42. The monoisotopic (exact) mass is 488 g/mol. The van der Waals surface area contributed by atoms with Crippen molar-refractivity contribution in [2.75, 3.05) is 16.1 Å². The van der Waals surface area contributed by atoms with E-state index in [0.717, 1.165) is 22.3 Å². The Morgan fingerprint density at radius 1 is 0.771 bits per heavy atom. The normalized spacial score (nSPS) is 10.8. The number of carbonyl (C=O) groups is 3. The zero-order valence-corrected chi connectivity index (χ0v) is 20.6. The fraction of sp³-hybridized carbons (Fsp3) is 0.148. The molecule has 0 aliphatic heterocycles. The summed E-state index contributed by atoms with van der Waals surface area (Å²) in [6.45, 7) is 7.75. The molecule has 1 aromatic heterocycles. The molecule has 0 spiro atoms. The maximum Gasteiger partial charge on any atom is 0.328 e. The van der Waals surface area contributed by atoms with Gasteiger partial charge in [0.25, 0.3) is 5.91 Å². The van der Waals surface area contributed by atoms with Gasteiger partial charge in [0.15, 0.2) is 0 Å². The van der Waals surface area contributed by atoms with Crippen LogP contribution in [0.25, 0.3) is 10.9 Å². The van der Waals surface area contributed by atoms with Gasteiger partial charge in [-0.2, -0.15) is 0 Å². The SMILES string of the molecule is Cc1ccc(NC(=O)C(=O)Nn2c(C(=O)Nc3cccc(C)c3C)cc3cc(Cl)ccc32)cc1C. The number of hydrogen-bond acceptors (Lipinski definition) is 3. The van der Waals surface area contributed by atoms with Gasteiger partial charge < -0.3 is 10.6 Å². The molecule has 0 atom stereocenters. The number of nitrogens with zero attached hydrogens (tertiary/aromatic N) is 1. The lowest BCUT2D eigenvalue weighted by atomic mass is 10.1. The quantitative estimate of drug-likeness (QED) is 0.332. The van der Waals surface area contributed by atoms with Gasteiger partial charge in [0, 0.05) is 21.8 Å². The molecule has 0 fully saturated rings. The van der Waals surface area contributed by atoms with Crippen LogP contribution < -0.4 is 16.1 Å². The highest BCUT2D eigenvalue weighted by Crippen LogP contribution is 2.25.